The fraction of sp³-hybridized carbons (Fsp3) is 0.250. The minimum absolute atomic E-state index is 0.150. The maximum absolute atomic E-state index is 12.5. The van der Waals surface area contributed by atoms with Crippen molar-refractivity contribution < 1.29 is 4.79 Å². The number of amides is 1. The molecule has 160 valence electrons. The molecule has 0 radical (unpaired) electrons. The van der Waals surface area contributed by atoms with E-state index in [1.165, 1.54) is 17.9 Å². The predicted molar refractivity (Wildman–Crippen MR) is 119 cm³/mol. The Labute approximate surface area is 184 Å². The molecule has 0 saturated carbocycles. The molecule has 3 aromatic heterocycles. The molecule has 4 aromatic rings. The van der Waals surface area contributed by atoms with Crippen molar-refractivity contribution in [3.8, 4) is 5.69 Å². The van der Waals surface area contributed by atoms with Crippen LogP contribution in [-0.2, 0) is 25.4 Å². The minimum atomic E-state index is -0.426. The number of hydrogen-bond acceptors (Lipinski definition) is 5. The van der Waals surface area contributed by atoms with Crippen molar-refractivity contribution >= 4 is 38.7 Å². The molecule has 1 N–H and O–H groups in total. The van der Waals surface area contributed by atoms with E-state index < -0.39 is 11.2 Å². The van der Waals surface area contributed by atoms with Gasteiger partial charge in [-0.1, -0.05) is 12.1 Å². The maximum atomic E-state index is 12.5. The summed E-state index contributed by atoms with van der Waals surface area (Å²) < 4.78 is 6.59. The van der Waals surface area contributed by atoms with Crippen LogP contribution in [0, 0.1) is 0 Å². The molecule has 0 saturated heterocycles. The number of para-hydroxylation sites is 2. The van der Waals surface area contributed by atoms with Crippen LogP contribution in [0.5, 0.6) is 0 Å². The lowest BCUT2D eigenvalue weighted by Crippen LogP contribution is -2.37. The van der Waals surface area contributed by atoms with Gasteiger partial charge in [0.05, 0.1) is 28.4 Å². The van der Waals surface area contributed by atoms with E-state index in [-0.39, 0.29) is 12.3 Å². The minimum Gasteiger partial charge on any atom is -0.325 e. The number of anilines is 1. The Hall–Kier alpha value is -3.47. The summed E-state index contributed by atoms with van der Waals surface area (Å²) in [5.41, 5.74) is 1.26. The molecule has 0 atom stereocenters. The second kappa shape index (κ2) is 8.34. The standard InChI is InChI=1S/C20H20BrN7O3/c1-25-18-17(19(30)26(2)20(25)31)27(12-22-18)9-5-8-16(29)24-14-6-3-4-7-15(14)28-11-13(21)10-23-28/h3-4,6-7,10-12H,5,8-9H2,1-2H3,(H,24,29). The largest absolute Gasteiger partial charge is 0.332 e. The lowest BCUT2D eigenvalue weighted by atomic mass is 10.2. The van der Waals surface area contributed by atoms with Gasteiger partial charge in [-0.15, -0.1) is 0 Å². The molecule has 1 aromatic carbocycles. The number of aromatic nitrogens is 6. The van der Waals surface area contributed by atoms with Gasteiger partial charge in [-0.05, 0) is 34.5 Å². The zero-order chi connectivity index (χ0) is 22.1. The van der Waals surface area contributed by atoms with Gasteiger partial charge in [-0.3, -0.25) is 18.7 Å². The SMILES string of the molecule is Cn1c(=O)c2c(ncn2CCCC(=O)Nc2ccccc2-n2cc(Br)cn2)n(C)c1=O. The molecule has 1 amide bonds. The third-order valence-corrected chi connectivity index (χ3v) is 5.41. The van der Waals surface area contributed by atoms with E-state index in [4.69, 9.17) is 0 Å². The Morgan fingerprint density at radius 1 is 1.16 bits per heavy atom. The van der Waals surface area contributed by atoms with Crippen LogP contribution in [-0.4, -0.2) is 34.4 Å². The summed E-state index contributed by atoms with van der Waals surface area (Å²) in [6.07, 6.45) is 5.76. The topological polar surface area (TPSA) is 109 Å². The second-order valence-electron chi connectivity index (χ2n) is 7.09. The molecular formula is C20H20BrN7O3. The van der Waals surface area contributed by atoms with Gasteiger partial charge in [0.15, 0.2) is 11.2 Å². The monoisotopic (exact) mass is 485 g/mol. The Morgan fingerprint density at radius 2 is 1.94 bits per heavy atom. The van der Waals surface area contributed by atoms with Gasteiger partial charge >= 0.3 is 5.69 Å². The predicted octanol–water partition coefficient (Wildman–Crippen LogP) is 1.80. The zero-order valence-corrected chi connectivity index (χ0v) is 18.5. The maximum Gasteiger partial charge on any atom is 0.332 e. The van der Waals surface area contributed by atoms with Crippen molar-refractivity contribution in [3.63, 3.8) is 0 Å². The highest BCUT2D eigenvalue weighted by molar-refractivity contribution is 9.10. The molecule has 31 heavy (non-hydrogen) atoms. The first-order valence-electron chi connectivity index (χ1n) is 9.57. The van der Waals surface area contributed by atoms with Gasteiger partial charge in [-0.25, -0.2) is 14.5 Å². The van der Waals surface area contributed by atoms with E-state index in [1.807, 2.05) is 30.5 Å². The average molecular weight is 486 g/mol. The summed E-state index contributed by atoms with van der Waals surface area (Å²) in [5.74, 6) is -0.150. The molecular weight excluding hydrogens is 466 g/mol. The fourth-order valence-electron chi connectivity index (χ4n) is 3.40. The molecule has 0 bridgehead atoms. The van der Waals surface area contributed by atoms with Gasteiger partial charge in [0, 0.05) is 33.3 Å². The Kier molecular flexibility index (Phi) is 5.59. The van der Waals surface area contributed by atoms with Crippen LogP contribution in [0.2, 0.25) is 0 Å². The van der Waals surface area contributed by atoms with Crippen molar-refractivity contribution in [1.82, 2.24) is 28.5 Å². The molecule has 0 aliphatic rings. The van der Waals surface area contributed by atoms with E-state index in [0.29, 0.717) is 29.8 Å². The normalized spacial score (nSPS) is 11.2. The van der Waals surface area contributed by atoms with Crippen molar-refractivity contribution in [2.45, 2.75) is 19.4 Å². The highest BCUT2D eigenvalue weighted by Gasteiger charge is 2.15. The smallest absolute Gasteiger partial charge is 0.325 e. The van der Waals surface area contributed by atoms with E-state index in [1.54, 1.807) is 22.5 Å². The molecule has 0 unspecified atom stereocenters. The van der Waals surface area contributed by atoms with Crippen LogP contribution in [0.4, 0.5) is 5.69 Å². The second-order valence-corrected chi connectivity index (χ2v) is 8.00. The first-order chi connectivity index (χ1) is 14.9. The number of rotatable bonds is 6. The number of hydrogen-bond donors (Lipinski definition) is 1. The molecule has 0 aliphatic heterocycles. The highest BCUT2D eigenvalue weighted by Crippen LogP contribution is 2.21. The molecule has 3 heterocycles. The number of nitrogens with one attached hydrogen (secondary N) is 1. The number of benzene rings is 1. The van der Waals surface area contributed by atoms with Crippen molar-refractivity contribution in [1.29, 1.82) is 0 Å². The van der Waals surface area contributed by atoms with Crippen LogP contribution in [0.3, 0.4) is 0 Å². The summed E-state index contributed by atoms with van der Waals surface area (Å²) in [6, 6.07) is 7.40. The number of carbonyl (C=O) groups excluding carboxylic acids is 1. The average Bonchev–Trinajstić information content (AvgIpc) is 3.37. The van der Waals surface area contributed by atoms with Gasteiger partial charge < -0.3 is 9.88 Å². The van der Waals surface area contributed by atoms with Crippen LogP contribution in [0.25, 0.3) is 16.9 Å². The van der Waals surface area contributed by atoms with Crippen LogP contribution in [0.15, 0.2) is 57.0 Å². The molecule has 10 nitrogen and oxygen atoms in total. The van der Waals surface area contributed by atoms with Crippen LogP contribution < -0.4 is 16.6 Å². The number of halogens is 1. The number of carbonyl (C=O) groups is 1. The van der Waals surface area contributed by atoms with Gasteiger partial charge in [0.1, 0.15) is 0 Å². The van der Waals surface area contributed by atoms with E-state index >= 15 is 0 Å². The summed E-state index contributed by atoms with van der Waals surface area (Å²) in [7, 11) is 3.01. The summed E-state index contributed by atoms with van der Waals surface area (Å²) >= 11 is 3.37. The quantitative estimate of drug-likeness (QED) is 0.447. The first kappa shape index (κ1) is 20.8. The zero-order valence-electron chi connectivity index (χ0n) is 16.9. The Balaban J connectivity index is 1.46. The van der Waals surface area contributed by atoms with Crippen LogP contribution >= 0.6 is 15.9 Å². The van der Waals surface area contributed by atoms with Crippen molar-refractivity contribution in [2.24, 2.45) is 14.1 Å². The number of fused-ring (bicyclic) bond motifs is 1. The van der Waals surface area contributed by atoms with E-state index in [2.05, 4.69) is 31.3 Å². The number of nitrogens with zero attached hydrogens (tertiary/aromatic N) is 6. The molecule has 0 spiro atoms. The summed E-state index contributed by atoms with van der Waals surface area (Å²) in [4.78, 5) is 41.2. The molecule has 11 heteroatoms. The van der Waals surface area contributed by atoms with E-state index in [9.17, 15) is 14.4 Å². The molecule has 4 rings (SSSR count). The lowest BCUT2D eigenvalue weighted by molar-refractivity contribution is -0.116. The first-order valence-corrected chi connectivity index (χ1v) is 10.4. The lowest BCUT2D eigenvalue weighted by Gasteiger charge is -2.11. The fourth-order valence-corrected chi connectivity index (χ4v) is 3.69. The van der Waals surface area contributed by atoms with Crippen molar-refractivity contribution in [2.75, 3.05) is 5.32 Å². The van der Waals surface area contributed by atoms with Crippen molar-refractivity contribution in [3.05, 3.63) is 68.3 Å². The van der Waals surface area contributed by atoms with Gasteiger partial charge in [0.2, 0.25) is 5.91 Å². The van der Waals surface area contributed by atoms with Crippen LogP contribution in [0.1, 0.15) is 12.8 Å². The van der Waals surface area contributed by atoms with E-state index in [0.717, 1.165) is 14.7 Å². The Bertz CT molecular complexity index is 1400. The number of aryl methyl sites for hydroxylation is 2. The summed E-state index contributed by atoms with van der Waals surface area (Å²) in [5, 5.41) is 7.18. The highest BCUT2D eigenvalue weighted by atomic mass is 79.9. The number of imidazole rings is 1. The molecule has 0 aliphatic carbocycles. The third-order valence-electron chi connectivity index (χ3n) is 5.00. The van der Waals surface area contributed by atoms with Gasteiger partial charge in [0.25, 0.3) is 5.56 Å². The summed E-state index contributed by atoms with van der Waals surface area (Å²) in [6.45, 7) is 0.422. The van der Waals surface area contributed by atoms with Gasteiger partial charge in [-0.2, -0.15) is 5.10 Å². The Morgan fingerprint density at radius 3 is 2.68 bits per heavy atom. The molecule has 0 fully saturated rings. The third kappa shape index (κ3) is 3.96.